The molecule has 0 fully saturated rings. The lowest BCUT2D eigenvalue weighted by molar-refractivity contribution is 0.688. The Kier molecular flexibility index (Phi) is 5.29. The van der Waals surface area contributed by atoms with Gasteiger partial charge in [-0.15, -0.1) is 0 Å². The van der Waals surface area contributed by atoms with E-state index in [0.29, 0.717) is 5.92 Å². The van der Waals surface area contributed by atoms with Crippen LogP contribution in [0, 0.1) is 0 Å². The lowest BCUT2D eigenvalue weighted by Gasteiger charge is -2.18. The monoisotopic (exact) mass is 268 g/mol. The highest BCUT2D eigenvalue weighted by Gasteiger charge is 2.17. The fourth-order valence-electron chi connectivity index (χ4n) is 2.35. The van der Waals surface area contributed by atoms with Gasteiger partial charge in [0.25, 0.3) is 0 Å². The lowest BCUT2D eigenvalue weighted by atomic mass is 9.87. The standard InChI is InChI=1S/C18H20S/c1-2-3-14-17(15-10-6-4-7-11-15)18(19)16-12-8-5-9-13-16/h4-13,17H,2-3,14H2,1H3. The maximum Gasteiger partial charge on any atom is 0.0299 e. The Labute approximate surface area is 121 Å². The smallest absolute Gasteiger partial charge is 0.0299 e. The summed E-state index contributed by atoms with van der Waals surface area (Å²) in [4.78, 5) is 1.07. The van der Waals surface area contributed by atoms with E-state index in [4.69, 9.17) is 12.2 Å². The topological polar surface area (TPSA) is 0 Å². The second-order valence-corrected chi connectivity index (χ2v) is 5.28. The van der Waals surface area contributed by atoms with Crippen LogP contribution >= 0.6 is 12.2 Å². The number of unbranched alkanes of at least 4 members (excludes halogenated alkanes) is 1. The second-order valence-electron chi connectivity index (χ2n) is 4.84. The van der Waals surface area contributed by atoms with Crippen molar-refractivity contribution in [2.75, 3.05) is 0 Å². The van der Waals surface area contributed by atoms with Gasteiger partial charge in [0, 0.05) is 10.8 Å². The fourth-order valence-corrected chi connectivity index (χ4v) is 2.74. The molecule has 0 spiro atoms. The first kappa shape index (κ1) is 14.0. The number of benzene rings is 2. The van der Waals surface area contributed by atoms with E-state index >= 15 is 0 Å². The van der Waals surface area contributed by atoms with Crippen molar-refractivity contribution in [2.45, 2.75) is 32.1 Å². The minimum Gasteiger partial charge on any atom is -0.0836 e. The van der Waals surface area contributed by atoms with E-state index in [1.807, 2.05) is 6.07 Å². The van der Waals surface area contributed by atoms with Gasteiger partial charge in [0.05, 0.1) is 0 Å². The molecular weight excluding hydrogens is 248 g/mol. The first-order valence-electron chi connectivity index (χ1n) is 6.97. The number of thiocarbonyl (C=S) groups is 1. The van der Waals surface area contributed by atoms with Gasteiger partial charge in [-0.1, -0.05) is 92.6 Å². The van der Waals surface area contributed by atoms with Gasteiger partial charge < -0.3 is 0 Å². The van der Waals surface area contributed by atoms with Crippen molar-refractivity contribution in [1.82, 2.24) is 0 Å². The molecule has 0 aliphatic carbocycles. The van der Waals surface area contributed by atoms with E-state index < -0.39 is 0 Å². The van der Waals surface area contributed by atoms with Gasteiger partial charge in [0.1, 0.15) is 0 Å². The molecule has 2 rings (SSSR count). The molecule has 2 aromatic rings. The molecule has 0 bridgehead atoms. The molecule has 0 aliphatic rings. The minimum atomic E-state index is 0.360. The SMILES string of the molecule is CCCCC(C(=S)c1ccccc1)c1ccccc1. The molecule has 98 valence electrons. The lowest BCUT2D eigenvalue weighted by Crippen LogP contribution is -2.12. The Morgan fingerprint density at radius 3 is 2.11 bits per heavy atom. The highest BCUT2D eigenvalue weighted by atomic mass is 32.1. The highest BCUT2D eigenvalue weighted by Crippen LogP contribution is 2.27. The molecule has 1 unspecified atom stereocenters. The van der Waals surface area contributed by atoms with Crippen molar-refractivity contribution in [3.8, 4) is 0 Å². The first-order valence-corrected chi connectivity index (χ1v) is 7.38. The Morgan fingerprint density at radius 1 is 0.947 bits per heavy atom. The Balaban J connectivity index is 2.25. The normalized spacial score (nSPS) is 12.1. The average molecular weight is 268 g/mol. The van der Waals surface area contributed by atoms with Crippen molar-refractivity contribution in [2.24, 2.45) is 0 Å². The molecule has 0 N–H and O–H groups in total. The van der Waals surface area contributed by atoms with Gasteiger partial charge in [0.15, 0.2) is 0 Å². The van der Waals surface area contributed by atoms with Crippen molar-refractivity contribution in [3.63, 3.8) is 0 Å². The van der Waals surface area contributed by atoms with E-state index in [-0.39, 0.29) is 0 Å². The summed E-state index contributed by atoms with van der Waals surface area (Å²) in [5.41, 5.74) is 2.52. The quantitative estimate of drug-likeness (QED) is 0.501. The van der Waals surface area contributed by atoms with E-state index in [2.05, 4.69) is 61.5 Å². The van der Waals surface area contributed by atoms with Gasteiger partial charge >= 0.3 is 0 Å². The highest BCUT2D eigenvalue weighted by molar-refractivity contribution is 7.81. The summed E-state index contributed by atoms with van der Waals surface area (Å²) >= 11 is 5.74. The molecule has 0 nitrogen and oxygen atoms in total. The molecule has 0 radical (unpaired) electrons. The largest absolute Gasteiger partial charge is 0.0836 e. The average Bonchev–Trinajstić information content (AvgIpc) is 2.49. The third-order valence-corrected chi connectivity index (χ3v) is 3.94. The number of hydrogen-bond donors (Lipinski definition) is 0. The van der Waals surface area contributed by atoms with Crippen LogP contribution in [0.5, 0.6) is 0 Å². The molecule has 0 aromatic heterocycles. The van der Waals surface area contributed by atoms with E-state index in [1.54, 1.807) is 0 Å². The Morgan fingerprint density at radius 2 is 1.53 bits per heavy atom. The Bertz CT molecular complexity index is 502. The predicted molar refractivity (Wildman–Crippen MR) is 86.9 cm³/mol. The zero-order valence-electron chi connectivity index (χ0n) is 11.4. The molecule has 2 aromatic carbocycles. The molecular formula is C18H20S. The summed E-state index contributed by atoms with van der Waals surface area (Å²) in [6.45, 7) is 2.23. The molecule has 1 atom stereocenters. The summed E-state index contributed by atoms with van der Waals surface area (Å²) in [6.07, 6.45) is 3.56. The van der Waals surface area contributed by atoms with Crippen molar-refractivity contribution in [3.05, 3.63) is 71.8 Å². The maximum atomic E-state index is 5.74. The number of rotatable bonds is 6. The zero-order chi connectivity index (χ0) is 13.5. The van der Waals surface area contributed by atoms with Crippen LogP contribution in [-0.2, 0) is 0 Å². The molecule has 0 saturated heterocycles. The van der Waals surface area contributed by atoms with Crippen LogP contribution in [0.4, 0.5) is 0 Å². The maximum absolute atomic E-state index is 5.74. The molecule has 0 aliphatic heterocycles. The summed E-state index contributed by atoms with van der Waals surface area (Å²) in [6, 6.07) is 21.0. The van der Waals surface area contributed by atoms with Crippen LogP contribution in [0.1, 0.15) is 43.2 Å². The van der Waals surface area contributed by atoms with Crippen molar-refractivity contribution in [1.29, 1.82) is 0 Å². The molecule has 19 heavy (non-hydrogen) atoms. The number of hydrogen-bond acceptors (Lipinski definition) is 1. The fraction of sp³-hybridized carbons (Fsp3) is 0.278. The summed E-state index contributed by atoms with van der Waals surface area (Å²) in [7, 11) is 0. The first-order chi connectivity index (χ1) is 9.33. The summed E-state index contributed by atoms with van der Waals surface area (Å²) in [5, 5.41) is 0. The molecule has 0 heterocycles. The third-order valence-electron chi connectivity index (χ3n) is 3.42. The van der Waals surface area contributed by atoms with Gasteiger partial charge in [-0.25, -0.2) is 0 Å². The van der Waals surface area contributed by atoms with E-state index in [1.165, 1.54) is 24.0 Å². The van der Waals surface area contributed by atoms with Crippen LogP contribution in [0.2, 0.25) is 0 Å². The summed E-state index contributed by atoms with van der Waals surface area (Å²) < 4.78 is 0. The zero-order valence-corrected chi connectivity index (χ0v) is 12.2. The molecule has 1 heteroatoms. The molecule has 0 saturated carbocycles. The third kappa shape index (κ3) is 3.74. The minimum absolute atomic E-state index is 0.360. The molecule has 0 amide bonds. The van der Waals surface area contributed by atoms with Crippen molar-refractivity contribution >= 4 is 17.1 Å². The second kappa shape index (κ2) is 7.20. The van der Waals surface area contributed by atoms with Gasteiger partial charge in [-0.05, 0) is 17.5 Å². The van der Waals surface area contributed by atoms with E-state index in [0.717, 1.165) is 11.3 Å². The van der Waals surface area contributed by atoms with E-state index in [9.17, 15) is 0 Å². The Hall–Kier alpha value is -1.47. The van der Waals surface area contributed by atoms with Crippen LogP contribution in [0.15, 0.2) is 60.7 Å². The van der Waals surface area contributed by atoms with Crippen LogP contribution in [-0.4, -0.2) is 4.86 Å². The van der Waals surface area contributed by atoms with Crippen LogP contribution in [0.3, 0.4) is 0 Å². The van der Waals surface area contributed by atoms with Crippen molar-refractivity contribution < 1.29 is 0 Å². The van der Waals surface area contributed by atoms with Crippen LogP contribution < -0.4 is 0 Å². The van der Waals surface area contributed by atoms with Gasteiger partial charge in [-0.3, -0.25) is 0 Å². The van der Waals surface area contributed by atoms with Crippen LogP contribution in [0.25, 0.3) is 0 Å². The van der Waals surface area contributed by atoms with Gasteiger partial charge in [-0.2, -0.15) is 0 Å². The van der Waals surface area contributed by atoms with Gasteiger partial charge in [0.2, 0.25) is 0 Å². The summed E-state index contributed by atoms with van der Waals surface area (Å²) in [5.74, 6) is 0.360. The predicted octanol–water partition coefficient (Wildman–Crippen LogP) is 5.38.